The van der Waals surface area contributed by atoms with Crippen LogP contribution in [-0.4, -0.2) is 47.9 Å². The molecule has 0 aromatic carbocycles. The van der Waals surface area contributed by atoms with E-state index in [4.69, 9.17) is 4.42 Å². The van der Waals surface area contributed by atoms with E-state index >= 15 is 0 Å². The van der Waals surface area contributed by atoms with Gasteiger partial charge in [-0.3, -0.25) is 10.1 Å². The van der Waals surface area contributed by atoms with Crippen molar-refractivity contribution < 1.29 is 14.0 Å². The molecule has 3 rings (SSSR count). The Morgan fingerprint density at radius 2 is 1.91 bits per heavy atom. The van der Waals surface area contributed by atoms with Crippen LogP contribution in [0.5, 0.6) is 0 Å². The zero-order chi connectivity index (χ0) is 16.2. The van der Waals surface area contributed by atoms with Gasteiger partial charge in [0.25, 0.3) is 5.91 Å². The Morgan fingerprint density at radius 3 is 2.61 bits per heavy atom. The summed E-state index contributed by atoms with van der Waals surface area (Å²) in [6, 6.07) is 7.14. The van der Waals surface area contributed by atoms with E-state index in [1.54, 1.807) is 33.3 Å². The smallest absolute Gasteiger partial charge is 0.322 e. The molecule has 23 heavy (non-hydrogen) atoms. The van der Waals surface area contributed by atoms with Gasteiger partial charge in [0.05, 0.1) is 11.3 Å². The minimum atomic E-state index is -0.119. The predicted molar refractivity (Wildman–Crippen MR) is 88.9 cm³/mol. The van der Waals surface area contributed by atoms with Gasteiger partial charge in [0.15, 0.2) is 5.76 Å². The molecule has 7 heteroatoms. The van der Waals surface area contributed by atoms with Gasteiger partial charge in [0, 0.05) is 31.1 Å². The van der Waals surface area contributed by atoms with Gasteiger partial charge in [-0.1, -0.05) is 0 Å². The van der Waals surface area contributed by atoms with Gasteiger partial charge in [-0.2, -0.15) is 0 Å². The van der Waals surface area contributed by atoms with E-state index in [9.17, 15) is 9.59 Å². The number of anilines is 1. The normalized spacial score (nSPS) is 15.3. The Labute approximate surface area is 138 Å². The number of nitrogens with zero attached hydrogens (tertiary/aromatic N) is 2. The monoisotopic (exact) mass is 333 g/mol. The van der Waals surface area contributed by atoms with Crippen molar-refractivity contribution in [1.82, 2.24) is 9.80 Å². The topological polar surface area (TPSA) is 65.8 Å². The van der Waals surface area contributed by atoms with Crippen molar-refractivity contribution in [3.63, 3.8) is 0 Å². The van der Waals surface area contributed by atoms with E-state index in [0.717, 1.165) is 16.3 Å². The highest BCUT2D eigenvalue weighted by molar-refractivity contribution is 7.16. The second kappa shape index (κ2) is 6.87. The summed E-state index contributed by atoms with van der Waals surface area (Å²) in [5.74, 6) is 0.225. The standard InChI is InChI=1S/C16H19N3O3S/c1-12-5-6-14(23-12)17-16(21)19-8-3-7-18(9-10-19)15(20)13-4-2-11-22-13/h2,4-6,11H,3,7-10H2,1H3,(H,17,21). The Balaban J connectivity index is 1.57. The average molecular weight is 333 g/mol. The van der Waals surface area contributed by atoms with E-state index in [1.807, 2.05) is 19.1 Å². The largest absolute Gasteiger partial charge is 0.459 e. The fourth-order valence-corrected chi connectivity index (χ4v) is 3.32. The molecule has 0 saturated carbocycles. The van der Waals surface area contributed by atoms with Crippen LogP contribution in [-0.2, 0) is 0 Å². The molecule has 3 heterocycles. The molecule has 0 atom stereocenters. The maximum Gasteiger partial charge on any atom is 0.322 e. The first-order valence-electron chi connectivity index (χ1n) is 7.58. The highest BCUT2D eigenvalue weighted by Gasteiger charge is 2.24. The van der Waals surface area contributed by atoms with Gasteiger partial charge >= 0.3 is 6.03 Å². The van der Waals surface area contributed by atoms with E-state index in [1.165, 1.54) is 6.26 Å². The molecule has 0 radical (unpaired) electrons. The van der Waals surface area contributed by atoms with E-state index in [2.05, 4.69) is 5.32 Å². The number of amides is 3. The molecule has 1 aliphatic rings. The molecule has 6 nitrogen and oxygen atoms in total. The molecule has 0 spiro atoms. The van der Waals surface area contributed by atoms with E-state index in [0.29, 0.717) is 31.9 Å². The molecule has 0 aliphatic carbocycles. The summed E-state index contributed by atoms with van der Waals surface area (Å²) in [4.78, 5) is 29.3. The lowest BCUT2D eigenvalue weighted by Crippen LogP contribution is -2.39. The summed E-state index contributed by atoms with van der Waals surface area (Å²) in [5, 5.41) is 3.76. The summed E-state index contributed by atoms with van der Waals surface area (Å²) in [6.07, 6.45) is 2.25. The highest BCUT2D eigenvalue weighted by Crippen LogP contribution is 2.21. The number of aryl methyl sites for hydroxylation is 1. The Hall–Kier alpha value is -2.28. The van der Waals surface area contributed by atoms with Crippen LogP contribution in [0.4, 0.5) is 9.80 Å². The molecule has 1 aliphatic heterocycles. The predicted octanol–water partition coefficient (Wildman–Crippen LogP) is 3.03. The Morgan fingerprint density at radius 1 is 1.13 bits per heavy atom. The van der Waals surface area contributed by atoms with E-state index in [-0.39, 0.29) is 11.9 Å². The molecule has 3 amide bonds. The molecule has 1 fully saturated rings. The maximum absolute atomic E-state index is 12.3. The molecule has 0 bridgehead atoms. The van der Waals surface area contributed by atoms with Crippen LogP contribution in [0.1, 0.15) is 21.9 Å². The zero-order valence-corrected chi connectivity index (χ0v) is 13.8. The van der Waals surface area contributed by atoms with Crippen LogP contribution in [0.2, 0.25) is 0 Å². The number of carbonyl (C=O) groups excluding carboxylic acids is 2. The second-order valence-electron chi connectivity index (χ2n) is 5.45. The molecular weight excluding hydrogens is 314 g/mol. The molecule has 1 N–H and O–H groups in total. The van der Waals surface area contributed by atoms with Gasteiger partial charge in [-0.25, -0.2) is 4.79 Å². The Bertz CT molecular complexity index is 681. The molecule has 0 unspecified atom stereocenters. The van der Waals surface area contributed by atoms with Crippen LogP contribution in [0.25, 0.3) is 0 Å². The maximum atomic E-state index is 12.3. The number of hydrogen-bond acceptors (Lipinski definition) is 4. The number of rotatable bonds is 2. The second-order valence-corrected chi connectivity index (χ2v) is 6.74. The molecule has 2 aromatic heterocycles. The van der Waals surface area contributed by atoms with Gasteiger partial charge in [0.1, 0.15) is 0 Å². The van der Waals surface area contributed by atoms with Crippen molar-refractivity contribution in [2.75, 3.05) is 31.5 Å². The lowest BCUT2D eigenvalue weighted by atomic mass is 10.3. The third-order valence-corrected chi connectivity index (χ3v) is 4.69. The summed E-state index contributed by atoms with van der Waals surface area (Å²) in [5.41, 5.74) is 0. The fraction of sp³-hybridized carbons (Fsp3) is 0.375. The highest BCUT2D eigenvalue weighted by atomic mass is 32.1. The van der Waals surface area contributed by atoms with Crippen molar-refractivity contribution in [2.45, 2.75) is 13.3 Å². The lowest BCUT2D eigenvalue weighted by molar-refractivity contribution is 0.0731. The van der Waals surface area contributed by atoms with Gasteiger partial charge in [-0.05, 0) is 37.6 Å². The number of nitrogens with one attached hydrogen (secondary N) is 1. The Kier molecular flexibility index (Phi) is 4.66. The molecule has 122 valence electrons. The first kappa shape index (κ1) is 15.6. The third-order valence-electron chi connectivity index (χ3n) is 3.77. The van der Waals surface area contributed by atoms with Crippen molar-refractivity contribution in [2.24, 2.45) is 0 Å². The number of carbonyl (C=O) groups is 2. The summed E-state index contributed by atoms with van der Waals surface area (Å²) in [7, 11) is 0. The van der Waals surface area contributed by atoms with Crippen LogP contribution in [0.15, 0.2) is 34.9 Å². The van der Waals surface area contributed by atoms with Gasteiger partial charge in [-0.15, -0.1) is 11.3 Å². The first-order chi connectivity index (χ1) is 11.1. The lowest BCUT2D eigenvalue weighted by Gasteiger charge is -2.21. The van der Waals surface area contributed by atoms with Gasteiger partial charge < -0.3 is 14.2 Å². The number of urea groups is 1. The third kappa shape index (κ3) is 3.73. The molecular formula is C16H19N3O3S. The SMILES string of the molecule is Cc1ccc(NC(=O)N2CCCN(C(=O)c3ccco3)CC2)s1. The van der Waals surface area contributed by atoms with Crippen LogP contribution >= 0.6 is 11.3 Å². The summed E-state index contributed by atoms with van der Waals surface area (Å²) >= 11 is 1.55. The van der Waals surface area contributed by atoms with Crippen molar-refractivity contribution in [3.8, 4) is 0 Å². The fourth-order valence-electron chi connectivity index (χ4n) is 2.57. The minimum Gasteiger partial charge on any atom is -0.459 e. The zero-order valence-electron chi connectivity index (χ0n) is 12.9. The van der Waals surface area contributed by atoms with E-state index < -0.39 is 0 Å². The minimum absolute atomic E-state index is 0.112. The molecule has 1 saturated heterocycles. The van der Waals surface area contributed by atoms with Crippen molar-refractivity contribution in [1.29, 1.82) is 0 Å². The number of hydrogen-bond donors (Lipinski definition) is 1. The first-order valence-corrected chi connectivity index (χ1v) is 8.40. The van der Waals surface area contributed by atoms with Crippen molar-refractivity contribution in [3.05, 3.63) is 41.2 Å². The van der Waals surface area contributed by atoms with Crippen LogP contribution in [0.3, 0.4) is 0 Å². The quantitative estimate of drug-likeness (QED) is 0.918. The number of furan rings is 1. The average Bonchev–Trinajstić information content (AvgIpc) is 3.13. The molecule has 2 aromatic rings. The number of thiophene rings is 1. The summed E-state index contributed by atoms with van der Waals surface area (Å²) < 4.78 is 5.16. The van der Waals surface area contributed by atoms with Gasteiger partial charge in [0.2, 0.25) is 0 Å². The van der Waals surface area contributed by atoms with Crippen LogP contribution in [0, 0.1) is 6.92 Å². The van der Waals surface area contributed by atoms with Crippen LogP contribution < -0.4 is 5.32 Å². The summed E-state index contributed by atoms with van der Waals surface area (Å²) in [6.45, 7) is 4.29. The van der Waals surface area contributed by atoms with Crippen molar-refractivity contribution >= 4 is 28.3 Å².